The molecule has 1 heterocycles. The van der Waals surface area contributed by atoms with Gasteiger partial charge in [-0.15, -0.1) is 0 Å². The van der Waals surface area contributed by atoms with Gasteiger partial charge in [0, 0.05) is 17.2 Å². The van der Waals surface area contributed by atoms with Gasteiger partial charge < -0.3 is 0 Å². The Labute approximate surface area is 131 Å². The molecular weight excluding hydrogens is 266 g/mol. The van der Waals surface area contributed by atoms with Gasteiger partial charge in [-0.1, -0.05) is 56.3 Å². The van der Waals surface area contributed by atoms with Crippen LogP contribution in [0.25, 0.3) is 22.4 Å². The van der Waals surface area contributed by atoms with Gasteiger partial charge in [-0.05, 0) is 46.9 Å². The van der Waals surface area contributed by atoms with Crippen LogP contribution in [0, 0.1) is 6.92 Å². The molecule has 0 radical (unpaired) electrons. The van der Waals surface area contributed by atoms with Crippen molar-refractivity contribution in [3.8, 4) is 22.4 Å². The number of fused-ring (bicyclic) bond motifs is 3. The molecule has 4 rings (SSSR count). The van der Waals surface area contributed by atoms with Crippen LogP contribution in [0.15, 0.2) is 60.8 Å². The number of nitrogens with zero attached hydrogens (tertiary/aromatic N) is 1. The predicted molar refractivity (Wildman–Crippen MR) is 92.0 cm³/mol. The van der Waals surface area contributed by atoms with E-state index in [4.69, 9.17) is 0 Å². The lowest BCUT2D eigenvalue weighted by Crippen LogP contribution is -2.16. The molecule has 0 bridgehead atoms. The van der Waals surface area contributed by atoms with Crippen molar-refractivity contribution in [2.24, 2.45) is 0 Å². The Hall–Kier alpha value is -2.41. The van der Waals surface area contributed by atoms with Crippen LogP contribution in [-0.4, -0.2) is 4.98 Å². The fourth-order valence-electron chi connectivity index (χ4n) is 3.74. The third-order valence-corrected chi connectivity index (χ3v) is 4.77. The Balaban J connectivity index is 2.04. The highest BCUT2D eigenvalue weighted by atomic mass is 14.7. The summed E-state index contributed by atoms with van der Waals surface area (Å²) in [6.07, 6.45) is 1.90. The molecule has 108 valence electrons. The van der Waals surface area contributed by atoms with Crippen LogP contribution < -0.4 is 0 Å². The Kier molecular flexibility index (Phi) is 2.74. The lowest BCUT2D eigenvalue weighted by Gasteiger charge is -2.24. The van der Waals surface area contributed by atoms with Gasteiger partial charge in [-0.25, -0.2) is 0 Å². The van der Waals surface area contributed by atoms with Crippen LogP contribution in [0.3, 0.4) is 0 Å². The lowest BCUT2D eigenvalue weighted by atomic mass is 9.79. The average Bonchev–Trinajstić information content (AvgIpc) is 2.76. The zero-order valence-electron chi connectivity index (χ0n) is 13.2. The number of benzene rings is 2. The van der Waals surface area contributed by atoms with Gasteiger partial charge in [0.25, 0.3) is 0 Å². The second-order valence-electron chi connectivity index (χ2n) is 6.62. The number of aromatic nitrogens is 1. The van der Waals surface area contributed by atoms with Crippen molar-refractivity contribution in [3.05, 3.63) is 77.5 Å². The van der Waals surface area contributed by atoms with Crippen molar-refractivity contribution in [1.82, 2.24) is 4.98 Å². The normalized spacial score (nSPS) is 14.5. The van der Waals surface area contributed by atoms with Gasteiger partial charge in [-0.2, -0.15) is 0 Å². The van der Waals surface area contributed by atoms with E-state index in [0.29, 0.717) is 0 Å². The van der Waals surface area contributed by atoms with Crippen molar-refractivity contribution in [2.75, 3.05) is 0 Å². The summed E-state index contributed by atoms with van der Waals surface area (Å²) in [6, 6.07) is 19.6. The van der Waals surface area contributed by atoms with Crippen LogP contribution >= 0.6 is 0 Å². The van der Waals surface area contributed by atoms with Gasteiger partial charge in [0.1, 0.15) is 0 Å². The average molecular weight is 285 g/mol. The van der Waals surface area contributed by atoms with E-state index in [0.717, 1.165) is 5.69 Å². The van der Waals surface area contributed by atoms with Gasteiger partial charge in [0.2, 0.25) is 0 Å². The smallest absolute Gasteiger partial charge is 0.0707 e. The summed E-state index contributed by atoms with van der Waals surface area (Å²) >= 11 is 0. The quantitative estimate of drug-likeness (QED) is 0.586. The Morgan fingerprint density at radius 2 is 1.55 bits per heavy atom. The van der Waals surface area contributed by atoms with Crippen molar-refractivity contribution >= 4 is 0 Å². The Morgan fingerprint density at radius 3 is 2.36 bits per heavy atom. The molecule has 0 fully saturated rings. The zero-order valence-corrected chi connectivity index (χ0v) is 13.2. The first-order valence-corrected chi connectivity index (χ1v) is 7.75. The lowest BCUT2D eigenvalue weighted by molar-refractivity contribution is 0.662. The maximum absolute atomic E-state index is 4.62. The monoisotopic (exact) mass is 285 g/mol. The molecule has 3 aromatic rings. The molecule has 1 heteroatoms. The summed E-state index contributed by atoms with van der Waals surface area (Å²) < 4.78 is 0. The van der Waals surface area contributed by atoms with E-state index in [1.165, 1.54) is 33.4 Å². The van der Waals surface area contributed by atoms with Crippen molar-refractivity contribution in [2.45, 2.75) is 26.2 Å². The molecule has 0 aliphatic heterocycles. The molecule has 22 heavy (non-hydrogen) atoms. The number of aryl methyl sites for hydroxylation is 1. The van der Waals surface area contributed by atoms with Crippen LogP contribution in [0.1, 0.15) is 30.5 Å². The molecule has 0 saturated heterocycles. The van der Waals surface area contributed by atoms with Gasteiger partial charge in [0.05, 0.1) is 5.69 Å². The maximum Gasteiger partial charge on any atom is 0.0707 e. The molecular formula is C21H19N. The summed E-state index contributed by atoms with van der Waals surface area (Å²) in [5, 5.41) is 0. The second kappa shape index (κ2) is 4.54. The van der Waals surface area contributed by atoms with Crippen LogP contribution in [0.5, 0.6) is 0 Å². The topological polar surface area (TPSA) is 12.9 Å². The highest BCUT2D eigenvalue weighted by Crippen LogP contribution is 2.51. The number of hydrogen-bond donors (Lipinski definition) is 0. The van der Waals surface area contributed by atoms with E-state index in [2.05, 4.69) is 74.3 Å². The molecule has 0 atom stereocenters. The highest BCUT2D eigenvalue weighted by molar-refractivity contribution is 5.87. The summed E-state index contributed by atoms with van der Waals surface area (Å²) in [5.74, 6) is 0. The first-order chi connectivity index (χ1) is 10.6. The molecule has 1 aliphatic rings. The van der Waals surface area contributed by atoms with E-state index in [1.54, 1.807) is 0 Å². The minimum Gasteiger partial charge on any atom is -0.256 e. The Bertz CT molecular complexity index is 875. The summed E-state index contributed by atoms with van der Waals surface area (Å²) in [7, 11) is 0. The highest BCUT2D eigenvalue weighted by Gasteiger charge is 2.37. The molecule has 0 spiro atoms. The van der Waals surface area contributed by atoms with E-state index in [-0.39, 0.29) is 5.41 Å². The molecule has 0 saturated carbocycles. The van der Waals surface area contributed by atoms with Crippen molar-refractivity contribution < 1.29 is 0 Å². The zero-order chi connectivity index (χ0) is 15.3. The first kappa shape index (κ1) is 13.3. The minimum absolute atomic E-state index is 0.00788. The van der Waals surface area contributed by atoms with Gasteiger partial charge >= 0.3 is 0 Å². The van der Waals surface area contributed by atoms with Gasteiger partial charge in [0.15, 0.2) is 0 Å². The molecule has 1 aliphatic carbocycles. The number of hydrogen-bond acceptors (Lipinski definition) is 1. The van der Waals surface area contributed by atoms with Gasteiger partial charge in [-0.3, -0.25) is 4.98 Å². The summed E-state index contributed by atoms with van der Waals surface area (Å²) in [6.45, 7) is 6.75. The minimum atomic E-state index is 0.00788. The summed E-state index contributed by atoms with van der Waals surface area (Å²) in [4.78, 5) is 4.62. The van der Waals surface area contributed by atoms with E-state index >= 15 is 0 Å². The molecule has 0 N–H and O–H groups in total. The molecule has 0 unspecified atom stereocenters. The number of rotatable bonds is 1. The maximum atomic E-state index is 4.62. The van der Waals surface area contributed by atoms with Crippen LogP contribution in [0.4, 0.5) is 0 Å². The Morgan fingerprint density at radius 1 is 0.818 bits per heavy atom. The number of pyridine rings is 1. The van der Waals surface area contributed by atoms with Crippen LogP contribution in [-0.2, 0) is 5.41 Å². The first-order valence-electron chi connectivity index (χ1n) is 7.75. The molecule has 0 amide bonds. The standard InChI is InChI=1S/C21H19N/c1-14-11-12-22-19(13-14)17-9-6-8-16-15-7-4-5-10-18(15)21(2,3)20(16)17/h4-13H,1-3H3. The fraction of sp³-hybridized carbons (Fsp3) is 0.190. The molecule has 1 aromatic heterocycles. The van der Waals surface area contributed by atoms with E-state index < -0.39 is 0 Å². The van der Waals surface area contributed by atoms with E-state index in [1.807, 2.05) is 12.3 Å². The molecule has 1 nitrogen and oxygen atoms in total. The summed E-state index contributed by atoms with van der Waals surface area (Å²) in [5.41, 5.74) is 9.09. The molecule has 2 aromatic carbocycles. The second-order valence-corrected chi connectivity index (χ2v) is 6.62. The van der Waals surface area contributed by atoms with E-state index in [9.17, 15) is 0 Å². The SMILES string of the molecule is Cc1ccnc(-c2cccc3c2C(C)(C)c2ccccc2-3)c1. The van der Waals surface area contributed by atoms with Crippen molar-refractivity contribution in [3.63, 3.8) is 0 Å². The predicted octanol–water partition coefficient (Wildman–Crippen LogP) is 5.36. The third kappa shape index (κ3) is 1.75. The third-order valence-electron chi connectivity index (χ3n) is 4.77. The van der Waals surface area contributed by atoms with Crippen molar-refractivity contribution in [1.29, 1.82) is 0 Å². The fourth-order valence-corrected chi connectivity index (χ4v) is 3.74. The van der Waals surface area contributed by atoms with Crippen LogP contribution in [0.2, 0.25) is 0 Å². The largest absolute Gasteiger partial charge is 0.256 e.